The quantitative estimate of drug-likeness (QED) is 0.140. The first-order valence-electron chi connectivity index (χ1n) is 7.92. The van der Waals surface area contributed by atoms with E-state index in [1.54, 1.807) is 0 Å². The second-order valence-electron chi connectivity index (χ2n) is 6.02. The van der Waals surface area contributed by atoms with Crippen molar-refractivity contribution in [2.75, 3.05) is 12.3 Å². The molecule has 181 valence electrons. The van der Waals surface area contributed by atoms with Crippen LogP contribution in [0.2, 0.25) is 0 Å². The number of fused-ring (bicyclic) bond motifs is 1. The van der Waals surface area contributed by atoms with Gasteiger partial charge in [0.05, 0.1) is 12.9 Å². The number of phosphoric ester groups is 1. The SMILES string of the molecule is Nc1ncnc2c1ncn2[C@@H]1O[C@H](COP(=O)(O)OP(=O)(O)OP(=O)(O)O)[C@@H](O)[C@H]1O.[Mn]. The van der Waals surface area contributed by atoms with Crippen molar-refractivity contribution < 1.29 is 78.4 Å². The molecule has 3 rings (SSSR count). The second kappa shape index (κ2) is 9.80. The predicted octanol–water partition coefficient (Wildman–Crippen LogP) is -1.63. The number of aliphatic hydroxyl groups excluding tert-OH is 2. The molecule has 2 unspecified atom stereocenters. The molecule has 1 saturated heterocycles. The van der Waals surface area contributed by atoms with Gasteiger partial charge in [0, 0.05) is 17.1 Å². The molecule has 0 spiro atoms. The molecule has 1 aliphatic rings. The van der Waals surface area contributed by atoms with Gasteiger partial charge in [0.15, 0.2) is 17.7 Å². The van der Waals surface area contributed by atoms with Crippen LogP contribution in [0.15, 0.2) is 12.7 Å². The first-order valence-corrected chi connectivity index (χ1v) is 12.4. The molecule has 1 fully saturated rings. The van der Waals surface area contributed by atoms with E-state index in [9.17, 15) is 28.8 Å². The van der Waals surface area contributed by atoms with Crippen molar-refractivity contribution in [2.24, 2.45) is 0 Å². The Morgan fingerprint density at radius 3 is 2.31 bits per heavy atom. The van der Waals surface area contributed by atoms with Crippen molar-refractivity contribution >= 4 is 40.4 Å². The molecule has 0 amide bonds. The van der Waals surface area contributed by atoms with Crippen LogP contribution in [0.25, 0.3) is 11.2 Å². The Hall–Kier alpha value is -0.841. The fourth-order valence-corrected chi connectivity index (χ4v) is 5.65. The number of anilines is 1. The summed E-state index contributed by atoms with van der Waals surface area (Å²) < 4.78 is 51.9. The molecule has 6 atom stereocenters. The minimum absolute atomic E-state index is 0. The van der Waals surface area contributed by atoms with E-state index in [2.05, 4.69) is 28.1 Å². The molecule has 0 aromatic carbocycles. The molecule has 1 aliphatic heterocycles. The molecule has 2 aromatic heterocycles. The number of hydrogen-bond acceptors (Lipinski definition) is 13. The van der Waals surface area contributed by atoms with E-state index in [-0.39, 0.29) is 34.1 Å². The molecular formula is C10H16MnN5O13P3. The number of aliphatic hydroxyl groups is 2. The Kier molecular flexibility index (Phi) is 8.39. The van der Waals surface area contributed by atoms with E-state index in [4.69, 9.17) is 25.2 Å². The number of hydrogen-bond donors (Lipinski definition) is 7. The van der Waals surface area contributed by atoms with Gasteiger partial charge in [-0.25, -0.2) is 28.6 Å². The van der Waals surface area contributed by atoms with Gasteiger partial charge in [0.25, 0.3) is 0 Å². The number of phosphoric acid groups is 3. The molecule has 18 nitrogen and oxygen atoms in total. The van der Waals surface area contributed by atoms with Crippen molar-refractivity contribution in [2.45, 2.75) is 24.5 Å². The minimum Gasteiger partial charge on any atom is -0.387 e. The molecule has 2 aromatic rings. The number of ether oxygens (including phenoxy) is 1. The van der Waals surface area contributed by atoms with Crippen molar-refractivity contribution in [1.82, 2.24) is 19.5 Å². The monoisotopic (exact) mass is 562 g/mol. The van der Waals surface area contributed by atoms with Crippen molar-refractivity contribution in [3.8, 4) is 0 Å². The zero-order valence-corrected chi connectivity index (χ0v) is 19.2. The number of aromatic nitrogens is 4. The smallest absolute Gasteiger partial charge is 0.387 e. The van der Waals surface area contributed by atoms with Crippen molar-refractivity contribution in [3.63, 3.8) is 0 Å². The van der Waals surface area contributed by atoms with Crippen LogP contribution in [0.4, 0.5) is 5.82 Å². The zero-order chi connectivity index (χ0) is 23.2. The van der Waals surface area contributed by atoms with Gasteiger partial charge >= 0.3 is 23.5 Å². The summed E-state index contributed by atoms with van der Waals surface area (Å²) in [5, 5.41) is 20.4. The second-order valence-corrected chi connectivity index (χ2v) is 10.4. The number of imidazole rings is 1. The van der Waals surface area contributed by atoms with Crippen LogP contribution in [-0.4, -0.2) is 74.2 Å². The maximum Gasteiger partial charge on any atom is 0.490 e. The normalized spacial score (nSPS) is 27.6. The van der Waals surface area contributed by atoms with Gasteiger partial charge in [-0.1, -0.05) is 0 Å². The maximum absolute atomic E-state index is 11.8. The molecule has 0 bridgehead atoms. The average molecular weight is 562 g/mol. The zero-order valence-electron chi connectivity index (χ0n) is 15.3. The average Bonchev–Trinajstić information content (AvgIpc) is 3.13. The third kappa shape index (κ3) is 6.39. The topological polar surface area (TPSA) is 279 Å². The fourth-order valence-electron chi connectivity index (χ4n) is 2.62. The summed E-state index contributed by atoms with van der Waals surface area (Å²) in [6.07, 6.45) is -3.69. The van der Waals surface area contributed by atoms with Crippen LogP contribution in [0.5, 0.6) is 0 Å². The van der Waals surface area contributed by atoms with Gasteiger partial charge in [-0.2, -0.15) is 8.62 Å². The molecular weight excluding hydrogens is 546 g/mol. The molecule has 0 saturated carbocycles. The van der Waals surface area contributed by atoms with Crippen LogP contribution in [0.3, 0.4) is 0 Å². The maximum atomic E-state index is 11.8. The van der Waals surface area contributed by atoms with Crippen LogP contribution < -0.4 is 5.73 Å². The van der Waals surface area contributed by atoms with E-state index in [1.165, 1.54) is 10.9 Å². The Balaban J connectivity index is 0.00000363. The van der Waals surface area contributed by atoms with Gasteiger partial charge in [-0.05, 0) is 0 Å². The summed E-state index contributed by atoms with van der Waals surface area (Å²) >= 11 is 0. The number of nitrogens with two attached hydrogens (primary N) is 1. The Morgan fingerprint density at radius 1 is 1.03 bits per heavy atom. The van der Waals surface area contributed by atoms with Gasteiger partial charge in [-0.3, -0.25) is 9.09 Å². The van der Waals surface area contributed by atoms with Crippen LogP contribution >= 0.6 is 23.5 Å². The van der Waals surface area contributed by atoms with Gasteiger partial charge in [0.2, 0.25) is 0 Å². The molecule has 0 aliphatic carbocycles. The summed E-state index contributed by atoms with van der Waals surface area (Å²) in [5.74, 6) is 0.0426. The molecule has 8 N–H and O–H groups in total. The van der Waals surface area contributed by atoms with E-state index in [1.807, 2.05) is 0 Å². The molecule has 22 heteroatoms. The third-order valence-electron chi connectivity index (χ3n) is 3.82. The summed E-state index contributed by atoms with van der Waals surface area (Å²) in [6, 6.07) is 0. The van der Waals surface area contributed by atoms with E-state index >= 15 is 0 Å². The number of nitrogen functional groups attached to an aromatic ring is 1. The molecule has 32 heavy (non-hydrogen) atoms. The predicted molar refractivity (Wildman–Crippen MR) is 95.5 cm³/mol. The molecule has 1 radical (unpaired) electrons. The first kappa shape index (κ1) is 27.4. The number of rotatable bonds is 8. The van der Waals surface area contributed by atoms with Gasteiger partial charge in [-0.15, -0.1) is 0 Å². The summed E-state index contributed by atoms with van der Waals surface area (Å²) in [7, 11) is -16.7. The Labute approximate surface area is 188 Å². The van der Waals surface area contributed by atoms with E-state index < -0.39 is 54.6 Å². The minimum atomic E-state index is -5.70. The van der Waals surface area contributed by atoms with E-state index in [0.717, 1.165) is 6.33 Å². The molecule has 3 heterocycles. The summed E-state index contributed by atoms with van der Waals surface area (Å²) in [4.78, 5) is 47.2. The Morgan fingerprint density at radius 2 is 1.69 bits per heavy atom. The first-order chi connectivity index (χ1) is 14.2. The van der Waals surface area contributed by atoms with Crippen LogP contribution in [0.1, 0.15) is 6.23 Å². The summed E-state index contributed by atoms with van der Waals surface area (Å²) in [5.41, 5.74) is 6.00. The van der Waals surface area contributed by atoms with Crippen LogP contribution in [-0.2, 0) is 48.6 Å². The van der Waals surface area contributed by atoms with Gasteiger partial charge in [0.1, 0.15) is 30.2 Å². The summed E-state index contributed by atoms with van der Waals surface area (Å²) in [6.45, 7) is -0.956. The largest absolute Gasteiger partial charge is 0.490 e. The fraction of sp³-hybridized carbons (Fsp3) is 0.500. The van der Waals surface area contributed by atoms with E-state index in [0.29, 0.717) is 0 Å². The number of nitrogens with zero attached hydrogens (tertiary/aromatic N) is 4. The standard InChI is InChI=1S/C10H16N5O13P3.Mn/c11-8-5-9(13-2-12-8)15(3-14-5)10-7(17)6(16)4(26-10)1-25-30(21,22)28-31(23,24)27-29(18,19)20;/h2-4,6-7,10,16-17H,1H2,(H,21,22)(H,23,24)(H2,11,12,13)(H2,18,19,20);/t4-,6-,7-,10-;/m1./s1. The van der Waals surface area contributed by atoms with Crippen molar-refractivity contribution in [1.29, 1.82) is 0 Å². The van der Waals surface area contributed by atoms with Gasteiger partial charge < -0.3 is 40.3 Å². The van der Waals surface area contributed by atoms with Crippen molar-refractivity contribution in [3.05, 3.63) is 12.7 Å². The Bertz CT molecular complexity index is 1110. The third-order valence-corrected chi connectivity index (χ3v) is 7.62. The van der Waals surface area contributed by atoms with Crippen LogP contribution in [0, 0.1) is 0 Å².